The molecule has 1 aromatic heterocycles. The van der Waals surface area contributed by atoms with Gasteiger partial charge in [0.05, 0.1) is 22.7 Å². The van der Waals surface area contributed by atoms with Crippen LogP contribution in [-0.4, -0.2) is 46.8 Å². The van der Waals surface area contributed by atoms with E-state index in [0.717, 1.165) is 22.1 Å². The highest BCUT2D eigenvalue weighted by atomic mass is 16.8. The van der Waals surface area contributed by atoms with Crippen molar-refractivity contribution in [1.29, 1.82) is 0 Å². The quantitative estimate of drug-likeness (QED) is 0.662. The number of aromatic nitrogens is 2. The van der Waals surface area contributed by atoms with Gasteiger partial charge in [0, 0.05) is 0 Å². The zero-order chi connectivity index (χ0) is 18.6. The Hall–Kier alpha value is -2.28. The molecule has 2 aliphatic rings. The molecule has 2 fully saturated rings. The molecule has 3 heterocycles. The first-order valence-electron chi connectivity index (χ1n) is 9.30. The van der Waals surface area contributed by atoms with Crippen molar-refractivity contribution >= 4 is 22.1 Å². The van der Waals surface area contributed by atoms with Gasteiger partial charge in [-0.25, -0.2) is 9.97 Å². The molecule has 3 aromatic rings. The minimum Gasteiger partial charge on any atom is -0.488 e. The highest BCUT2D eigenvalue weighted by Gasteiger charge is 2.53. The molecular formula is C21H22N2O4. The van der Waals surface area contributed by atoms with Crippen molar-refractivity contribution in [3.8, 4) is 5.75 Å². The molecule has 6 nitrogen and oxygen atoms in total. The van der Waals surface area contributed by atoms with Crippen molar-refractivity contribution < 1.29 is 18.9 Å². The monoisotopic (exact) mass is 366 g/mol. The lowest BCUT2D eigenvalue weighted by Crippen LogP contribution is -2.34. The molecule has 2 aromatic carbocycles. The maximum atomic E-state index is 6.11. The van der Waals surface area contributed by atoms with Gasteiger partial charge in [0.25, 0.3) is 0 Å². The lowest BCUT2D eigenvalue weighted by atomic mass is 10.1. The fourth-order valence-electron chi connectivity index (χ4n) is 3.94. The number of hydrogen-bond acceptors (Lipinski definition) is 6. The van der Waals surface area contributed by atoms with Crippen molar-refractivity contribution in [1.82, 2.24) is 9.97 Å². The van der Waals surface area contributed by atoms with Crippen molar-refractivity contribution in [3.05, 3.63) is 42.5 Å². The van der Waals surface area contributed by atoms with E-state index in [0.29, 0.717) is 12.4 Å². The third kappa shape index (κ3) is 2.94. The average molecular weight is 366 g/mol. The normalized spacial score (nSPS) is 29.3. The minimum atomic E-state index is -0.588. The second-order valence-electron chi connectivity index (χ2n) is 7.59. The van der Waals surface area contributed by atoms with Gasteiger partial charge in [-0.1, -0.05) is 18.2 Å². The lowest BCUT2D eigenvalue weighted by Gasteiger charge is -2.23. The summed E-state index contributed by atoms with van der Waals surface area (Å²) in [6.45, 7) is 6.25. The Bertz CT molecular complexity index is 1010. The molecule has 0 radical (unpaired) electrons. The van der Waals surface area contributed by atoms with Gasteiger partial charge >= 0.3 is 0 Å². The summed E-state index contributed by atoms with van der Waals surface area (Å²) in [5.74, 6) is 0.110. The van der Waals surface area contributed by atoms with Gasteiger partial charge in [-0.3, -0.25) is 0 Å². The number of fused-ring (bicyclic) bond motifs is 3. The van der Waals surface area contributed by atoms with Crippen LogP contribution in [-0.2, 0) is 14.2 Å². The number of benzene rings is 2. The van der Waals surface area contributed by atoms with E-state index in [1.54, 1.807) is 0 Å². The van der Waals surface area contributed by atoms with Crippen LogP contribution in [0.5, 0.6) is 5.75 Å². The van der Waals surface area contributed by atoms with Crippen molar-refractivity contribution in [2.75, 3.05) is 6.61 Å². The first kappa shape index (κ1) is 16.9. The van der Waals surface area contributed by atoms with E-state index >= 15 is 0 Å². The highest BCUT2D eigenvalue weighted by Crippen LogP contribution is 2.39. The smallest absolute Gasteiger partial charge is 0.164 e. The Labute approximate surface area is 157 Å². The van der Waals surface area contributed by atoms with Gasteiger partial charge in [-0.15, -0.1) is 0 Å². The largest absolute Gasteiger partial charge is 0.488 e. The van der Waals surface area contributed by atoms with Gasteiger partial charge in [0.2, 0.25) is 0 Å². The molecule has 2 saturated heterocycles. The lowest BCUT2D eigenvalue weighted by molar-refractivity contribution is -0.187. The second kappa shape index (κ2) is 6.12. The van der Waals surface area contributed by atoms with E-state index < -0.39 is 5.79 Å². The minimum absolute atomic E-state index is 0.0263. The first-order valence-corrected chi connectivity index (χ1v) is 9.30. The molecule has 0 spiro atoms. The SMILES string of the molecule is CC1OC(COc2cccc3nc4ccccc4nc23)C2OC(C)(C)OC12. The van der Waals surface area contributed by atoms with E-state index in [4.69, 9.17) is 23.9 Å². The number of hydrogen-bond donors (Lipinski definition) is 0. The fourth-order valence-corrected chi connectivity index (χ4v) is 3.94. The first-order chi connectivity index (χ1) is 13.0. The van der Waals surface area contributed by atoms with E-state index in [1.807, 2.05) is 63.2 Å². The maximum absolute atomic E-state index is 6.11. The molecule has 0 N–H and O–H groups in total. The van der Waals surface area contributed by atoms with E-state index in [9.17, 15) is 0 Å². The summed E-state index contributed by atoms with van der Waals surface area (Å²) >= 11 is 0. The van der Waals surface area contributed by atoms with Gasteiger partial charge in [-0.05, 0) is 45.0 Å². The third-order valence-electron chi connectivity index (χ3n) is 5.12. The molecule has 140 valence electrons. The molecule has 0 amide bonds. The van der Waals surface area contributed by atoms with Crippen molar-refractivity contribution in [3.63, 3.8) is 0 Å². The van der Waals surface area contributed by atoms with Crippen LogP contribution >= 0.6 is 0 Å². The number of nitrogens with zero attached hydrogens (tertiary/aromatic N) is 2. The number of ether oxygens (including phenoxy) is 4. The molecular weight excluding hydrogens is 344 g/mol. The van der Waals surface area contributed by atoms with Crippen LogP contribution in [0.4, 0.5) is 0 Å². The summed E-state index contributed by atoms with van der Waals surface area (Å²) < 4.78 is 24.1. The zero-order valence-electron chi connectivity index (χ0n) is 15.6. The van der Waals surface area contributed by atoms with E-state index in [-0.39, 0.29) is 24.4 Å². The molecule has 5 rings (SSSR count). The Morgan fingerprint density at radius 1 is 0.926 bits per heavy atom. The average Bonchev–Trinajstić information content (AvgIpc) is 3.12. The summed E-state index contributed by atoms with van der Waals surface area (Å²) in [6, 6.07) is 13.6. The molecule has 6 heteroatoms. The second-order valence-corrected chi connectivity index (χ2v) is 7.59. The van der Waals surface area contributed by atoms with Crippen LogP contribution in [0.3, 0.4) is 0 Å². The summed E-state index contributed by atoms with van der Waals surface area (Å²) in [7, 11) is 0. The van der Waals surface area contributed by atoms with Crippen LogP contribution in [0.15, 0.2) is 42.5 Å². The summed E-state index contributed by atoms with van der Waals surface area (Å²) in [5.41, 5.74) is 3.28. The molecule has 4 atom stereocenters. The summed E-state index contributed by atoms with van der Waals surface area (Å²) in [5, 5.41) is 0. The van der Waals surface area contributed by atoms with Gasteiger partial charge in [0.1, 0.15) is 36.2 Å². The van der Waals surface area contributed by atoms with Gasteiger partial charge in [-0.2, -0.15) is 0 Å². The van der Waals surface area contributed by atoms with E-state index in [2.05, 4.69) is 4.98 Å². The van der Waals surface area contributed by atoms with Gasteiger partial charge in [0.15, 0.2) is 5.79 Å². The number of rotatable bonds is 3. The maximum Gasteiger partial charge on any atom is 0.164 e. The topological polar surface area (TPSA) is 62.7 Å². The Kier molecular flexibility index (Phi) is 3.82. The third-order valence-corrected chi connectivity index (χ3v) is 5.12. The van der Waals surface area contributed by atoms with E-state index in [1.165, 1.54) is 0 Å². The molecule has 0 saturated carbocycles. The predicted molar refractivity (Wildman–Crippen MR) is 101 cm³/mol. The Morgan fingerprint density at radius 2 is 1.63 bits per heavy atom. The van der Waals surface area contributed by atoms with Crippen LogP contribution in [0.25, 0.3) is 22.1 Å². The number of para-hydroxylation sites is 3. The molecule has 27 heavy (non-hydrogen) atoms. The van der Waals surface area contributed by atoms with Crippen molar-refractivity contribution in [2.45, 2.75) is 51.0 Å². The zero-order valence-corrected chi connectivity index (χ0v) is 15.6. The standard InChI is InChI=1S/C21H22N2O4/c1-12-19-20(27-21(2,3)26-19)17(25-12)11-24-16-10-6-9-15-18(16)23-14-8-5-4-7-13(14)22-15/h4-10,12,17,19-20H,11H2,1-3H3. The van der Waals surface area contributed by atoms with Crippen molar-refractivity contribution in [2.24, 2.45) is 0 Å². The Balaban J connectivity index is 1.41. The molecule has 0 bridgehead atoms. The Morgan fingerprint density at radius 3 is 2.44 bits per heavy atom. The fraction of sp³-hybridized carbons (Fsp3) is 0.429. The predicted octanol–water partition coefficient (Wildman–Crippen LogP) is 3.47. The highest BCUT2D eigenvalue weighted by molar-refractivity contribution is 5.89. The van der Waals surface area contributed by atoms with Gasteiger partial charge < -0.3 is 18.9 Å². The van der Waals surface area contributed by atoms with Crippen LogP contribution in [0, 0.1) is 0 Å². The van der Waals surface area contributed by atoms with Crippen LogP contribution in [0.2, 0.25) is 0 Å². The molecule has 0 aliphatic carbocycles. The summed E-state index contributed by atoms with van der Waals surface area (Å²) in [4.78, 5) is 9.43. The molecule has 4 unspecified atom stereocenters. The molecule has 2 aliphatic heterocycles. The van der Waals surface area contributed by atoms with Crippen LogP contribution in [0.1, 0.15) is 20.8 Å². The summed E-state index contributed by atoms with van der Waals surface area (Å²) in [6.07, 6.45) is -0.404. The van der Waals surface area contributed by atoms with Crippen LogP contribution < -0.4 is 4.74 Å².